The van der Waals surface area contributed by atoms with E-state index >= 15 is 0 Å². The van der Waals surface area contributed by atoms with Crippen LogP contribution in [0.4, 0.5) is 4.39 Å². The van der Waals surface area contributed by atoms with Crippen molar-refractivity contribution >= 4 is 11.7 Å². The van der Waals surface area contributed by atoms with E-state index in [1.807, 2.05) is 0 Å². The molecular weight excluding hydrogens is 249 g/mol. The van der Waals surface area contributed by atoms with Crippen molar-refractivity contribution in [2.24, 2.45) is 0 Å². The van der Waals surface area contributed by atoms with Gasteiger partial charge in [-0.2, -0.15) is 0 Å². The van der Waals surface area contributed by atoms with Crippen molar-refractivity contribution in [1.29, 1.82) is 0 Å². The Hall–Kier alpha value is -1.91. The smallest absolute Gasteiger partial charge is 0.258 e. The average molecular weight is 265 g/mol. The summed E-state index contributed by atoms with van der Waals surface area (Å²) in [5.74, 6) is -0.572. The highest BCUT2D eigenvalue weighted by Gasteiger charge is 2.43. The molecule has 1 fully saturated rings. The van der Waals surface area contributed by atoms with Gasteiger partial charge in [-0.1, -0.05) is 0 Å². The molecule has 1 saturated heterocycles. The fourth-order valence-corrected chi connectivity index (χ4v) is 2.30. The van der Waals surface area contributed by atoms with Gasteiger partial charge in [-0.25, -0.2) is 4.39 Å². The van der Waals surface area contributed by atoms with E-state index in [0.717, 1.165) is 6.07 Å². The van der Waals surface area contributed by atoms with Crippen molar-refractivity contribution in [2.45, 2.75) is 25.8 Å². The molecule has 102 valence electrons. The normalized spacial score (nSPS) is 17.7. The highest BCUT2D eigenvalue weighted by molar-refractivity contribution is 6.03. The van der Waals surface area contributed by atoms with E-state index in [2.05, 4.69) is 0 Å². The quantitative estimate of drug-likeness (QED) is 0.822. The minimum Gasteiger partial charge on any atom is -0.496 e. The second kappa shape index (κ2) is 4.64. The fraction of sp³-hybridized carbons (Fsp3) is 0.429. The number of methoxy groups -OCH3 is 1. The lowest BCUT2D eigenvalue weighted by Gasteiger charge is -2.30. The molecule has 1 heterocycles. The number of halogens is 1. The predicted molar refractivity (Wildman–Crippen MR) is 67.7 cm³/mol. The van der Waals surface area contributed by atoms with Gasteiger partial charge in [0.25, 0.3) is 5.91 Å². The zero-order chi connectivity index (χ0) is 14.2. The lowest BCUT2D eigenvalue weighted by Crippen LogP contribution is -2.46. The third kappa shape index (κ3) is 2.20. The first-order valence-electron chi connectivity index (χ1n) is 6.06. The minimum atomic E-state index is -0.853. The van der Waals surface area contributed by atoms with Crippen LogP contribution < -0.4 is 4.74 Å². The molecule has 0 bridgehead atoms. The molecule has 1 aliphatic heterocycles. The number of hydrogen-bond acceptors (Lipinski definition) is 3. The van der Waals surface area contributed by atoms with Crippen LogP contribution in [-0.2, 0) is 4.79 Å². The molecule has 2 rings (SSSR count). The van der Waals surface area contributed by atoms with Crippen molar-refractivity contribution in [3.05, 3.63) is 29.6 Å². The van der Waals surface area contributed by atoms with Crippen LogP contribution in [0.5, 0.6) is 5.75 Å². The third-order valence-corrected chi connectivity index (χ3v) is 3.56. The van der Waals surface area contributed by atoms with Gasteiger partial charge in [-0.3, -0.25) is 9.59 Å². The summed E-state index contributed by atoms with van der Waals surface area (Å²) in [6, 6.07) is 3.78. The zero-order valence-corrected chi connectivity index (χ0v) is 11.2. The van der Waals surface area contributed by atoms with Crippen molar-refractivity contribution in [1.82, 2.24) is 4.90 Å². The van der Waals surface area contributed by atoms with Gasteiger partial charge in [0.05, 0.1) is 18.2 Å². The zero-order valence-electron chi connectivity index (χ0n) is 11.2. The Labute approximate surface area is 111 Å². The topological polar surface area (TPSA) is 46.6 Å². The molecule has 1 amide bonds. The Morgan fingerprint density at radius 1 is 1.42 bits per heavy atom. The van der Waals surface area contributed by atoms with Crippen molar-refractivity contribution in [3.8, 4) is 5.75 Å². The number of likely N-dealkylation sites (tertiary alicyclic amines) is 1. The number of amides is 1. The summed E-state index contributed by atoms with van der Waals surface area (Å²) in [5.41, 5.74) is -0.709. The van der Waals surface area contributed by atoms with E-state index in [-0.39, 0.29) is 17.3 Å². The van der Waals surface area contributed by atoms with Crippen LogP contribution in [-0.4, -0.2) is 35.8 Å². The lowest BCUT2D eigenvalue weighted by molar-refractivity contribution is -0.123. The molecule has 0 spiro atoms. The molecular formula is C14H16FNO3. The summed E-state index contributed by atoms with van der Waals surface area (Å²) >= 11 is 0. The molecule has 0 aliphatic carbocycles. The predicted octanol–water partition coefficient (Wildman–Crippen LogP) is 2.03. The summed E-state index contributed by atoms with van der Waals surface area (Å²) in [5, 5.41) is 0. The fourth-order valence-electron chi connectivity index (χ4n) is 2.30. The number of Topliss-reactive ketones (excluding diaryl/α,β-unsaturated/α-hetero) is 1. The third-order valence-electron chi connectivity index (χ3n) is 3.56. The van der Waals surface area contributed by atoms with Crippen molar-refractivity contribution in [3.63, 3.8) is 0 Å². The van der Waals surface area contributed by atoms with E-state index in [0.29, 0.717) is 18.7 Å². The molecule has 1 aliphatic rings. The van der Waals surface area contributed by atoms with E-state index in [1.54, 1.807) is 13.8 Å². The summed E-state index contributed by atoms with van der Waals surface area (Å²) in [6.07, 6.45) is 0.330. The van der Waals surface area contributed by atoms with E-state index in [4.69, 9.17) is 4.74 Å². The highest BCUT2D eigenvalue weighted by Crippen LogP contribution is 2.30. The first kappa shape index (κ1) is 13.5. The van der Waals surface area contributed by atoms with Crippen LogP contribution in [0.1, 0.15) is 30.6 Å². The summed E-state index contributed by atoms with van der Waals surface area (Å²) < 4.78 is 18.4. The van der Waals surface area contributed by atoms with Crippen LogP contribution in [0.25, 0.3) is 0 Å². The molecule has 0 aromatic heterocycles. The molecule has 0 N–H and O–H groups in total. The van der Waals surface area contributed by atoms with Crippen LogP contribution in [0.2, 0.25) is 0 Å². The molecule has 5 heteroatoms. The van der Waals surface area contributed by atoms with E-state index < -0.39 is 11.4 Å². The number of ketones is 1. The Bertz CT molecular complexity index is 539. The van der Waals surface area contributed by atoms with Gasteiger partial charge in [0, 0.05) is 13.0 Å². The number of carbonyl (C=O) groups is 2. The van der Waals surface area contributed by atoms with Gasteiger partial charge in [-0.15, -0.1) is 0 Å². The monoisotopic (exact) mass is 265 g/mol. The molecule has 0 unspecified atom stereocenters. The first-order valence-corrected chi connectivity index (χ1v) is 6.06. The number of ether oxygens (including phenoxy) is 1. The van der Waals surface area contributed by atoms with Crippen LogP contribution in [0, 0.1) is 5.82 Å². The van der Waals surface area contributed by atoms with Gasteiger partial charge in [0.2, 0.25) is 0 Å². The van der Waals surface area contributed by atoms with Crippen LogP contribution >= 0.6 is 0 Å². The Balaban J connectivity index is 2.40. The largest absolute Gasteiger partial charge is 0.496 e. The number of carbonyl (C=O) groups excluding carboxylic acids is 2. The van der Waals surface area contributed by atoms with Gasteiger partial charge in [-0.05, 0) is 32.0 Å². The first-order chi connectivity index (χ1) is 8.87. The second-order valence-corrected chi connectivity index (χ2v) is 5.03. The second-order valence-electron chi connectivity index (χ2n) is 5.03. The van der Waals surface area contributed by atoms with Gasteiger partial charge in [0.1, 0.15) is 11.6 Å². The minimum absolute atomic E-state index is 0.0104. The molecule has 4 nitrogen and oxygen atoms in total. The number of benzene rings is 1. The highest BCUT2D eigenvalue weighted by atomic mass is 19.1. The molecule has 1 aromatic carbocycles. The number of hydrogen-bond donors (Lipinski definition) is 0. The molecule has 0 atom stereocenters. The standard InChI is InChI=1S/C14H16FNO3/c1-14(2)12(17)6-7-16(14)13(18)10-8-9(15)4-5-11(10)19-3/h4-5,8H,6-7H2,1-3H3. The molecule has 19 heavy (non-hydrogen) atoms. The Kier molecular flexibility index (Phi) is 3.30. The molecule has 0 radical (unpaired) electrons. The molecule has 1 aromatic rings. The summed E-state index contributed by atoms with van der Waals surface area (Å²) in [4.78, 5) is 25.7. The number of rotatable bonds is 2. The SMILES string of the molecule is COc1ccc(F)cc1C(=O)N1CCC(=O)C1(C)C. The van der Waals surface area contributed by atoms with E-state index in [1.165, 1.54) is 24.1 Å². The van der Waals surface area contributed by atoms with E-state index in [9.17, 15) is 14.0 Å². The van der Waals surface area contributed by atoms with Crippen LogP contribution in [0.15, 0.2) is 18.2 Å². The van der Waals surface area contributed by atoms with Crippen LogP contribution in [0.3, 0.4) is 0 Å². The van der Waals surface area contributed by atoms with Gasteiger partial charge < -0.3 is 9.64 Å². The Morgan fingerprint density at radius 3 is 2.63 bits per heavy atom. The van der Waals surface area contributed by atoms with Gasteiger partial charge in [0.15, 0.2) is 5.78 Å². The maximum Gasteiger partial charge on any atom is 0.258 e. The van der Waals surface area contributed by atoms with Crippen molar-refractivity contribution in [2.75, 3.05) is 13.7 Å². The van der Waals surface area contributed by atoms with Crippen molar-refractivity contribution < 1.29 is 18.7 Å². The average Bonchev–Trinajstić information content (AvgIpc) is 2.63. The summed E-state index contributed by atoms with van der Waals surface area (Å²) in [7, 11) is 1.42. The maximum atomic E-state index is 13.3. The molecule has 0 saturated carbocycles. The Morgan fingerprint density at radius 2 is 2.11 bits per heavy atom. The lowest BCUT2D eigenvalue weighted by atomic mass is 9.99. The van der Waals surface area contributed by atoms with Gasteiger partial charge >= 0.3 is 0 Å². The maximum absolute atomic E-state index is 13.3. The summed E-state index contributed by atoms with van der Waals surface area (Å²) in [6.45, 7) is 3.75. The number of nitrogens with zero attached hydrogens (tertiary/aromatic N) is 1.